The summed E-state index contributed by atoms with van der Waals surface area (Å²) in [6, 6.07) is 12.1. The van der Waals surface area contributed by atoms with Crippen molar-refractivity contribution in [3.63, 3.8) is 0 Å². The van der Waals surface area contributed by atoms with Gasteiger partial charge in [0.05, 0.1) is 0 Å². The maximum Gasteiger partial charge on any atom is 0.339 e. The number of rotatable bonds is 2. The molecule has 1 heterocycles. The summed E-state index contributed by atoms with van der Waals surface area (Å²) in [6.45, 7) is 2.00. The maximum absolute atomic E-state index is 11.0. The Morgan fingerprint density at radius 2 is 1.90 bits per heavy atom. The van der Waals surface area contributed by atoms with Gasteiger partial charge < -0.3 is 14.6 Å². The van der Waals surface area contributed by atoms with Crippen LogP contribution in [0.5, 0.6) is 5.75 Å². The van der Waals surface area contributed by atoms with E-state index < -0.39 is 5.97 Å². The van der Waals surface area contributed by atoms with Crippen LogP contribution in [0.3, 0.4) is 0 Å². The minimum Gasteiger partial charge on any atom is -0.507 e. The molecule has 100 valence electrons. The first-order chi connectivity index (χ1) is 9.54. The SMILES string of the molecule is Cc1ccc2oc(-c3ccc(O)c(C(=O)O)c3)cc2c1. The second-order valence-corrected chi connectivity index (χ2v) is 4.69. The highest BCUT2D eigenvalue weighted by atomic mass is 16.4. The van der Waals surface area contributed by atoms with Crippen molar-refractivity contribution in [1.82, 2.24) is 0 Å². The molecule has 0 atom stereocenters. The van der Waals surface area contributed by atoms with Crippen LogP contribution in [0.2, 0.25) is 0 Å². The molecule has 0 bridgehead atoms. The van der Waals surface area contributed by atoms with Crippen LogP contribution in [0.4, 0.5) is 0 Å². The monoisotopic (exact) mass is 268 g/mol. The molecule has 0 saturated carbocycles. The van der Waals surface area contributed by atoms with Gasteiger partial charge in [-0.3, -0.25) is 0 Å². The Hall–Kier alpha value is -2.75. The summed E-state index contributed by atoms with van der Waals surface area (Å²) in [5, 5.41) is 19.5. The molecule has 2 aromatic carbocycles. The quantitative estimate of drug-likeness (QED) is 0.741. The lowest BCUT2D eigenvalue weighted by Crippen LogP contribution is -1.96. The Labute approximate surface area is 114 Å². The first-order valence-corrected chi connectivity index (χ1v) is 6.11. The van der Waals surface area contributed by atoms with Gasteiger partial charge in [-0.25, -0.2) is 4.79 Å². The molecule has 0 saturated heterocycles. The second-order valence-electron chi connectivity index (χ2n) is 4.69. The predicted molar refractivity (Wildman–Crippen MR) is 75.0 cm³/mol. The minimum absolute atomic E-state index is 0.140. The van der Waals surface area contributed by atoms with Crippen molar-refractivity contribution in [2.24, 2.45) is 0 Å². The summed E-state index contributed by atoms with van der Waals surface area (Å²) >= 11 is 0. The normalized spacial score (nSPS) is 10.8. The van der Waals surface area contributed by atoms with E-state index in [1.165, 1.54) is 12.1 Å². The van der Waals surface area contributed by atoms with E-state index in [4.69, 9.17) is 9.52 Å². The van der Waals surface area contributed by atoms with Gasteiger partial charge in [0.25, 0.3) is 0 Å². The van der Waals surface area contributed by atoms with Crippen LogP contribution >= 0.6 is 0 Å². The van der Waals surface area contributed by atoms with E-state index in [0.29, 0.717) is 11.3 Å². The average Bonchev–Trinajstić information content (AvgIpc) is 2.81. The number of aryl methyl sites for hydroxylation is 1. The van der Waals surface area contributed by atoms with Crippen molar-refractivity contribution in [3.05, 3.63) is 53.6 Å². The predicted octanol–water partition coefficient (Wildman–Crippen LogP) is 3.81. The molecule has 1 aromatic heterocycles. The van der Waals surface area contributed by atoms with Crippen LogP contribution in [-0.2, 0) is 0 Å². The van der Waals surface area contributed by atoms with Crippen molar-refractivity contribution in [1.29, 1.82) is 0 Å². The largest absolute Gasteiger partial charge is 0.507 e. The first-order valence-electron chi connectivity index (χ1n) is 6.11. The van der Waals surface area contributed by atoms with Crippen molar-refractivity contribution in [2.45, 2.75) is 6.92 Å². The highest BCUT2D eigenvalue weighted by Crippen LogP contribution is 2.31. The van der Waals surface area contributed by atoms with Crippen molar-refractivity contribution >= 4 is 16.9 Å². The van der Waals surface area contributed by atoms with Gasteiger partial charge in [-0.2, -0.15) is 0 Å². The van der Waals surface area contributed by atoms with Crippen LogP contribution in [0.15, 0.2) is 46.9 Å². The van der Waals surface area contributed by atoms with Crippen LogP contribution in [0.25, 0.3) is 22.3 Å². The maximum atomic E-state index is 11.0. The van der Waals surface area contributed by atoms with E-state index in [2.05, 4.69) is 0 Å². The molecule has 0 aliphatic rings. The number of carbonyl (C=O) groups is 1. The fourth-order valence-corrected chi connectivity index (χ4v) is 2.17. The third-order valence-electron chi connectivity index (χ3n) is 3.18. The summed E-state index contributed by atoms with van der Waals surface area (Å²) in [5.41, 5.74) is 2.35. The number of aromatic carboxylic acids is 1. The van der Waals surface area contributed by atoms with E-state index in [0.717, 1.165) is 16.5 Å². The molecule has 4 heteroatoms. The molecule has 0 amide bonds. The fourth-order valence-electron chi connectivity index (χ4n) is 2.17. The summed E-state index contributed by atoms with van der Waals surface area (Å²) in [4.78, 5) is 11.0. The van der Waals surface area contributed by atoms with Gasteiger partial charge in [0.15, 0.2) is 0 Å². The molecule has 0 unspecified atom stereocenters. The average molecular weight is 268 g/mol. The van der Waals surface area contributed by atoms with Gasteiger partial charge in [0.1, 0.15) is 22.7 Å². The van der Waals surface area contributed by atoms with E-state index in [1.807, 2.05) is 31.2 Å². The zero-order valence-corrected chi connectivity index (χ0v) is 10.8. The molecule has 3 rings (SSSR count). The van der Waals surface area contributed by atoms with Gasteiger partial charge >= 0.3 is 5.97 Å². The van der Waals surface area contributed by atoms with E-state index in [-0.39, 0.29) is 11.3 Å². The lowest BCUT2D eigenvalue weighted by Gasteiger charge is -2.01. The third-order valence-corrected chi connectivity index (χ3v) is 3.18. The van der Waals surface area contributed by atoms with Gasteiger partial charge in [-0.15, -0.1) is 0 Å². The Morgan fingerprint density at radius 3 is 2.65 bits per heavy atom. The Kier molecular flexibility index (Phi) is 2.71. The lowest BCUT2D eigenvalue weighted by atomic mass is 10.1. The molecule has 0 aliphatic heterocycles. The highest BCUT2D eigenvalue weighted by Gasteiger charge is 2.13. The van der Waals surface area contributed by atoms with Crippen LogP contribution < -0.4 is 0 Å². The van der Waals surface area contributed by atoms with E-state index in [9.17, 15) is 9.90 Å². The smallest absolute Gasteiger partial charge is 0.339 e. The molecule has 4 nitrogen and oxygen atoms in total. The molecule has 20 heavy (non-hydrogen) atoms. The van der Waals surface area contributed by atoms with Crippen LogP contribution in [0, 0.1) is 6.92 Å². The van der Waals surface area contributed by atoms with Gasteiger partial charge in [0.2, 0.25) is 0 Å². The number of fused-ring (bicyclic) bond motifs is 1. The number of furan rings is 1. The number of carboxylic acid groups (broad SMARTS) is 1. The summed E-state index contributed by atoms with van der Waals surface area (Å²) in [7, 11) is 0. The van der Waals surface area contributed by atoms with Gasteiger partial charge in [-0.1, -0.05) is 11.6 Å². The summed E-state index contributed by atoms with van der Waals surface area (Å²) in [6.07, 6.45) is 0. The zero-order chi connectivity index (χ0) is 14.3. The number of aromatic hydroxyl groups is 1. The van der Waals surface area contributed by atoms with Crippen molar-refractivity contribution < 1.29 is 19.4 Å². The summed E-state index contributed by atoms with van der Waals surface area (Å²) < 4.78 is 5.71. The van der Waals surface area contributed by atoms with Crippen molar-refractivity contribution in [2.75, 3.05) is 0 Å². The second kappa shape index (κ2) is 4.42. The molecular weight excluding hydrogens is 256 g/mol. The fraction of sp³-hybridized carbons (Fsp3) is 0.0625. The molecular formula is C16H12O4. The Balaban J connectivity index is 2.15. The van der Waals surface area contributed by atoms with Gasteiger partial charge in [0, 0.05) is 10.9 Å². The molecule has 0 spiro atoms. The standard InChI is InChI=1S/C16H12O4/c1-9-2-5-14-11(6-9)8-15(20-14)10-3-4-13(17)12(7-10)16(18)19/h2-8,17H,1H3,(H,18,19). The number of carboxylic acids is 1. The molecule has 0 radical (unpaired) electrons. The van der Waals surface area contributed by atoms with Crippen LogP contribution in [0.1, 0.15) is 15.9 Å². The number of benzene rings is 2. The third kappa shape index (κ3) is 2.01. The molecule has 3 aromatic rings. The van der Waals surface area contributed by atoms with Crippen LogP contribution in [-0.4, -0.2) is 16.2 Å². The first kappa shape index (κ1) is 12.3. The molecule has 0 aliphatic carbocycles. The van der Waals surface area contributed by atoms with Crippen molar-refractivity contribution in [3.8, 4) is 17.1 Å². The number of phenols is 1. The number of hydrogen-bond acceptors (Lipinski definition) is 3. The minimum atomic E-state index is -1.17. The van der Waals surface area contributed by atoms with Gasteiger partial charge in [-0.05, 0) is 43.3 Å². The number of hydrogen-bond donors (Lipinski definition) is 2. The Bertz CT molecular complexity index is 814. The topological polar surface area (TPSA) is 70.7 Å². The van der Waals surface area contributed by atoms with E-state index >= 15 is 0 Å². The lowest BCUT2D eigenvalue weighted by molar-refractivity contribution is 0.0694. The zero-order valence-electron chi connectivity index (χ0n) is 10.8. The summed E-state index contributed by atoms with van der Waals surface area (Å²) in [5.74, 6) is -0.849. The van der Waals surface area contributed by atoms with E-state index in [1.54, 1.807) is 6.07 Å². The molecule has 0 fully saturated rings. The highest BCUT2D eigenvalue weighted by molar-refractivity contribution is 5.93. The Morgan fingerprint density at radius 1 is 1.10 bits per heavy atom. The molecule has 2 N–H and O–H groups in total.